The van der Waals surface area contributed by atoms with E-state index in [0.29, 0.717) is 0 Å². The van der Waals surface area contributed by atoms with E-state index in [2.05, 4.69) is 10.1 Å². The van der Waals surface area contributed by atoms with Gasteiger partial charge in [0.05, 0.1) is 6.61 Å². The molecule has 0 bridgehead atoms. The van der Waals surface area contributed by atoms with Gasteiger partial charge in [-0.25, -0.2) is 4.39 Å². The second kappa shape index (κ2) is 5.85. The van der Waals surface area contributed by atoms with Gasteiger partial charge in [-0.2, -0.15) is 0 Å². The quantitative estimate of drug-likeness (QED) is 0.781. The van der Waals surface area contributed by atoms with E-state index in [4.69, 9.17) is 0 Å². The molecule has 1 aromatic rings. The first-order chi connectivity index (χ1) is 7.63. The van der Waals surface area contributed by atoms with Crippen molar-refractivity contribution in [3.63, 3.8) is 0 Å². The Bertz CT molecular complexity index is 393. The predicted octanol–water partition coefficient (Wildman–Crippen LogP) is 1.12. The van der Waals surface area contributed by atoms with E-state index >= 15 is 0 Å². The van der Waals surface area contributed by atoms with E-state index in [1.165, 1.54) is 18.2 Å². The van der Waals surface area contributed by atoms with Crippen LogP contribution in [0.3, 0.4) is 0 Å². The van der Waals surface area contributed by atoms with Crippen molar-refractivity contribution in [2.75, 3.05) is 13.2 Å². The van der Waals surface area contributed by atoms with Crippen LogP contribution >= 0.6 is 0 Å². The molecule has 0 saturated heterocycles. The maximum Gasteiger partial charge on any atom is 0.325 e. The highest BCUT2D eigenvalue weighted by atomic mass is 19.1. The standard InChI is InChI=1S/C11H12FNO3/c1-2-16-10(14)7-13-11(15)8-4-3-5-9(12)6-8/h3-6H,2,7H2,1H3,(H,13,15). The Morgan fingerprint density at radius 1 is 1.44 bits per heavy atom. The van der Waals surface area contributed by atoms with E-state index in [-0.39, 0.29) is 18.7 Å². The number of carbonyl (C=O) groups excluding carboxylic acids is 2. The van der Waals surface area contributed by atoms with Gasteiger partial charge in [0.25, 0.3) is 5.91 Å². The zero-order valence-electron chi connectivity index (χ0n) is 8.83. The van der Waals surface area contributed by atoms with Gasteiger partial charge in [0.1, 0.15) is 12.4 Å². The molecule has 0 aromatic heterocycles. The second-order valence-electron chi connectivity index (χ2n) is 3.00. The van der Waals surface area contributed by atoms with Crippen molar-refractivity contribution in [3.05, 3.63) is 35.6 Å². The molecule has 1 aromatic carbocycles. The van der Waals surface area contributed by atoms with Crippen LogP contribution in [0.25, 0.3) is 0 Å². The van der Waals surface area contributed by atoms with Crippen LogP contribution < -0.4 is 5.32 Å². The summed E-state index contributed by atoms with van der Waals surface area (Å²) in [5.74, 6) is -1.52. The first-order valence-electron chi connectivity index (χ1n) is 4.83. The molecule has 86 valence electrons. The number of esters is 1. The zero-order valence-corrected chi connectivity index (χ0v) is 8.83. The van der Waals surface area contributed by atoms with Gasteiger partial charge in [0, 0.05) is 5.56 Å². The molecule has 0 aliphatic heterocycles. The average Bonchev–Trinajstić information content (AvgIpc) is 2.26. The van der Waals surface area contributed by atoms with E-state index in [9.17, 15) is 14.0 Å². The molecule has 1 amide bonds. The number of benzene rings is 1. The molecular formula is C11H12FNO3. The molecule has 0 saturated carbocycles. The van der Waals surface area contributed by atoms with Gasteiger partial charge in [0.2, 0.25) is 0 Å². The summed E-state index contributed by atoms with van der Waals surface area (Å²) >= 11 is 0. The van der Waals surface area contributed by atoms with Gasteiger partial charge in [0.15, 0.2) is 0 Å². The predicted molar refractivity (Wildman–Crippen MR) is 55.4 cm³/mol. The molecule has 0 radical (unpaired) electrons. The highest BCUT2D eigenvalue weighted by molar-refractivity contribution is 5.95. The number of carbonyl (C=O) groups is 2. The van der Waals surface area contributed by atoms with Crippen molar-refractivity contribution in [2.45, 2.75) is 6.92 Å². The third-order valence-corrected chi connectivity index (χ3v) is 1.79. The van der Waals surface area contributed by atoms with Crippen LogP contribution in [-0.4, -0.2) is 25.0 Å². The third-order valence-electron chi connectivity index (χ3n) is 1.79. The average molecular weight is 225 g/mol. The van der Waals surface area contributed by atoms with Gasteiger partial charge in [-0.3, -0.25) is 9.59 Å². The van der Waals surface area contributed by atoms with Crippen LogP contribution in [-0.2, 0) is 9.53 Å². The van der Waals surface area contributed by atoms with Gasteiger partial charge in [-0.1, -0.05) is 6.07 Å². The Morgan fingerprint density at radius 3 is 2.81 bits per heavy atom. The summed E-state index contributed by atoms with van der Waals surface area (Å²) in [5.41, 5.74) is 0.171. The first-order valence-corrected chi connectivity index (χ1v) is 4.83. The Labute approximate surface area is 92.4 Å². The molecule has 0 heterocycles. The Kier molecular flexibility index (Phi) is 4.44. The van der Waals surface area contributed by atoms with E-state index in [1.54, 1.807) is 6.92 Å². The highest BCUT2D eigenvalue weighted by Crippen LogP contribution is 2.02. The third kappa shape index (κ3) is 3.68. The molecule has 0 fully saturated rings. The maximum absolute atomic E-state index is 12.8. The molecule has 1 N–H and O–H groups in total. The summed E-state index contributed by atoms with van der Waals surface area (Å²) in [6, 6.07) is 5.22. The van der Waals surface area contributed by atoms with Gasteiger partial charge >= 0.3 is 5.97 Å². The lowest BCUT2D eigenvalue weighted by atomic mass is 10.2. The van der Waals surface area contributed by atoms with Crippen LogP contribution in [0.15, 0.2) is 24.3 Å². The van der Waals surface area contributed by atoms with Gasteiger partial charge in [-0.15, -0.1) is 0 Å². The number of rotatable bonds is 4. The van der Waals surface area contributed by atoms with Crippen molar-refractivity contribution in [2.24, 2.45) is 0 Å². The minimum Gasteiger partial charge on any atom is -0.465 e. The van der Waals surface area contributed by atoms with Crippen molar-refractivity contribution in [1.29, 1.82) is 0 Å². The molecule has 16 heavy (non-hydrogen) atoms. The van der Waals surface area contributed by atoms with Crippen LogP contribution in [0.4, 0.5) is 4.39 Å². The molecule has 1 rings (SSSR count). The van der Waals surface area contributed by atoms with Crippen LogP contribution in [0.5, 0.6) is 0 Å². The van der Waals surface area contributed by atoms with Crippen LogP contribution in [0.1, 0.15) is 17.3 Å². The van der Waals surface area contributed by atoms with Crippen molar-refractivity contribution in [1.82, 2.24) is 5.32 Å². The summed E-state index contributed by atoms with van der Waals surface area (Å²) in [4.78, 5) is 22.4. The van der Waals surface area contributed by atoms with Crippen molar-refractivity contribution in [3.8, 4) is 0 Å². The molecule has 0 spiro atoms. The van der Waals surface area contributed by atoms with E-state index in [0.717, 1.165) is 6.07 Å². The highest BCUT2D eigenvalue weighted by Gasteiger charge is 2.08. The van der Waals surface area contributed by atoms with E-state index < -0.39 is 17.7 Å². The van der Waals surface area contributed by atoms with Crippen molar-refractivity contribution >= 4 is 11.9 Å². The number of hydrogen-bond donors (Lipinski definition) is 1. The lowest BCUT2D eigenvalue weighted by Crippen LogP contribution is -2.30. The number of ether oxygens (including phenoxy) is 1. The number of hydrogen-bond acceptors (Lipinski definition) is 3. The summed E-state index contributed by atoms with van der Waals surface area (Å²) < 4.78 is 17.4. The fraction of sp³-hybridized carbons (Fsp3) is 0.273. The number of nitrogens with one attached hydrogen (secondary N) is 1. The smallest absolute Gasteiger partial charge is 0.325 e. The summed E-state index contributed by atoms with van der Waals surface area (Å²) in [5, 5.41) is 2.33. The summed E-state index contributed by atoms with van der Waals surface area (Å²) in [7, 11) is 0. The minimum absolute atomic E-state index is 0.171. The first kappa shape index (κ1) is 12.2. The molecule has 4 nitrogen and oxygen atoms in total. The normalized spacial score (nSPS) is 9.62. The molecule has 0 unspecified atom stereocenters. The lowest BCUT2D eigenvalue weighted by molar-refractivity contribution is -0.141. The molecule has 5 heteroatoms. The van der Waals surface area contributed by atoms with Gasteiger partial charge < -0.3 is 10.1 Å². The molecule has 0 aliphatic rings. The van der Waals surface area contributed by atoms with Crippen LogP contribution in [0, 0.1) is 5.82 Å². The number of amides is 1. The maximum atomic E-state index is 12.8. The fourth-order valence-electron chi connectivity index (χ4n) is 1.10. The lowest BCUT2D eigenvalue weighted by Gasteiger charge is -2.04. The fourth-order valence-corrected chi connectivity index (χ4v) is 1.10. The molecule has 0 aliphatic carbocycles. The second-order valence-corrected chi connectivity index (χ2v) is 3.00. The van der Waals surface area contributed by atoms with Gasteiger partial charge in [-0.05, 0) is 25.1 Å². The Balaban J connectivity index is 2.50. The largest absolute Gasteiger partial charge is 0.465 e. The topological polar surface area (TPSA) is 55.4 Å². The van der Waals surface area contributed by atoms with Crippen LogP contribution in [0.2, 0.25) is 0 Å². The van der Waals surface area contributed by atoms with E-state index in [1.807, 2.05) is 0 Å². The summed E-state index contributed by atoms with van der Waals surface area (Å²) in [6.07, 6.45) is 0. The Morgan fingerprint density at radius 2 is 2.19 bits per heavy atom. The zero-order chi connectivity index (χ0) is 12.0. The molecular weight excluding hydrogens is 213 g/mol. The summed E-state index contributed by atoms with van der Waals surface area (Å²) in [6.45, 7) is 1.71. The monoisotopic (exact) mass is 225 g/mol. The Hall–Kier alpha value is -1.91. The van der Waals surface area contributed by atoms with Crippen molar-refractivity contribution < 1.29 is 18.7 Å². The minimum atomic E-state index is -0.521. The molecule has 0 atom stereocenters. The number of halogens is 1. The SMILES string of the molecule is CCOC(=O)CNC(=O)c1cccc(F)c1.